The van der Waals surface area contributed by atoms with Crippen LogP contribution >= 0.6 is 0 Å². The summed E-state index contributed by atoms with van der Waals surface area (Å²) in [7, 11) is 0. The second kappa shape index (κ2) is 6.07. The quantitative estimate of drug-likeness (QED) is 0.707. The molecular weight excluding hydrogens is 380 g/mol. The predicted molar refractivity (Wildman–Crippen MR) is 98.6 cm³/mol. The molecule has 2 aliphatic carbocycles. The lowest BCUT2D eigenvalue weighted by Gasteiger charge is -2.14. The summed E-state index contributed by atoms with van der Waals surface area (Å²) >= 11 is 0. The number of alkyl halides is 2. The van der Waals surface area contributed by atoms with Crippen molar-refractivity contribution in [2.45, 2.75) is 37.1 Å². The number of primary amides is 1. The zero-order chi connectivity index (χ0) is 20.3. The van der Waals surface area contributed by atoms with Crippen LogP contribution in [0.3, 0.4) is 0 Å². The number of hydrogen-bond donors (Lipinski definition) is 2. The Kier molecular flexibility index (Phi) is 3.71. The third kappa shape index (κ3) is 2.76. The average Bonchev–Trinajstić information content (AvgIpc) is 3.40. The molecule has 5 rings (SSSR count). The van der Waals surface area contributed by atoms with Crippen molar-refractivity contribution in [1.29, 1.82) is 0 Å². The second-order valence-electron chi connectivity index (χ2n) is 7.49. The Bertz CT molecular complexity index is 1170. The van der Waals surface area contributed by atoms with Crippen molar-refractivity contribution in [2.24, 2.45) is 5.73 Å². The minimum atomic E-state index is -3.01. The van der Waals surface area contributed by atoms with Gasteiger partial charge in [-0.15, -0.1) is 0 Å². The highest BCUT2D eigenvalue weighted by molar-refractivity contribution is 6.01. The summed E-state index contributed by atoms with van der Waals surface area (Å²) in [6.07, 6.45) is 2.65. The molecule has 2 amide bonds. The molecule has 1 aromatic carbocycles. The first-order valence-electron chi connectivity index (χ1n) is 9.32. The number of carbonyl (C=O) groups is 2. The molecule has 0 bridgehead atoms. The van der Waals surface area contributed by atoms with Crippen molar-refractivity contribution in [3.63, 3.8) is 0 Å². The molecule has 7 nitrogen and oxygen atoms in total. The molecule has 0 spiro atoms. The summed E-state index contributed by atoms with van der Waals surface area (Å²) in [5.74, 6) is -4.12. The summed E-state index contributed by atoms with van der Waals surface area (Å²) in [5, 5.41) is 7.09. The van der Waals surface area contributed by atoms with Gasteiger partial charge in [0.2, 0.25) is 0 Å². The van der Waals surface area contributed by atoms with Crippen molar-refractivity contribution >= 4 is 17.5 Å². The molecule has 2 aliphatic rings. The van der Waals surface area contributed by atoms with E-state index in [4.69, 9.17) is 5.73 Å². The lowest BCUT2D eigenvalue weighted by molar-refractivity contribution is -0.00846. The molecule has 2 aromatic heterocycles. The first-order valence-corrected chi connectivity index (χ1v) is 9.32. The van der Waals surface area contributed by atoms with Gasteiger partial charge < -0.3 is 11.1 Å². The molecule has 3 N–H and O–H groups in total. The summed E-state index contributed by atoms with van der Waals surface area (Å²) < 4.78 is 29.9. The first-order chi connectivity index (χ1) is 13.9. The summed E-state index contributed by atoms with van der Waals surface area (Å²) in [4.78, 5) is 29.1. The van der Waals surface area contributed by atoms with E-state index in [0.717, 1.165) is 12.8 Å². The molecular formula is C20H17F2N5O2. The van der Waals surface area contributed by atoms with Crippen molar-refractivity contribution in [2.75, 3.05) is 0 Å². The largest absolute Gasteiger partial charge is 0.365 e. The van der Waals surface area contributed by atoms with Gasteiger partial charge in [-0.1, -0.05) is 24.3 Å². The third-order valence-electron chi connectivity index (χ3n) is 5.48. The number of halogens is 2. The monoisotopic (exact) mass is 397 g/mol. The van der Waals surface area contributed by atoms with Crippen LogP contribution in [0.5, 0.6) is 0 Å². The van der Waals surface area contributed by atoms with Gasteiger partial charge in [0.1, 0.15) is 11.3 Å². The highest BCUT2D eigenvalue weighted by atomic mass is 19.3. The zero-order valence-corrected chi connectivity index (χ0v) is 15.2. The number of benzene rings is 1. The normalized spacial score (nSPS) is 19.9. The molecule has 9 heteroatoms. The topological polar surface area (TPSA) is 102 Å². The fraction of sp³-hybridized carbons (Fsp3) is 0.300. The van der Waals surface area contributed by atoms with Crippen LogP contribution in [0.4, 0.5) is 8.78 Å². The van der Waals surface area contributed by atoms with Crippen molar-refractivity contribution in [1.82, 2.24) is 19.9 Å². The Hall–Kier alpha value is -3.36. The van der Waals surface area contributed by atoms with E-state index >= 15 is 0 Å². The molecule has 1 atom stereocenters. The van der Waals surface area contributed by atoms with Crippen LogP contribution in [0.2, 0.25) is 0 Å². The van der Waals surface area contributed by atoms with E-state index in [2.05, 4.69) is 15.4 Å². The third-order valence-corrected chi connectivity index (χ3v) is 5.48. The number of nitrogens with one attached hydrogen (secondary N) is 1. The second-order valence-corrected chi connectivity index (χ2v) is 7.49. The first kappa shape index (κ1) is 17.7. The lowest BCUT2D eigenvalue weighted by atomic mass is 10.1. The molecule has 3 aromatic rings. The van der Waals surface area contributed by atoms with Gasteiger partial charge in [-0.05, 0) is 24.5 Å². The summed E-state index contributed by atoms with van der Waals surface area (Å²) in [6.45, 7) is 0. The van der Waals surface area contributed by atoms with Gasteiger partial charge >= 0.3 is 0 Å². The lowest BCUT2D eigenvalue weighted by Crippen LogP contribution is -2.29. The average molecular weight is 397 g/mol. The van der Waals surface area contributed by atoms with Gasteiger partial charge in [-0.25, -0.2) is 18.3 Å². The Morgan fingerprint density at radius 2 is 1.97 bits per heavy atom. The SMILES string of the molecule is NC(=O)c1c(C2CC2)nn2c(C(=O)NC3CC(F)(F)c4ccccc43)ccnc12. The van der Waals surface area contributed by atoms with Crippen molar-refractivity contribution in [3.05, 3.63) is 64.6 Å². The Balaban J connectivity index is 1.53. The predicted octanol–water partition coefficient (Wildman–Crippen LogP) is 2.67. The molecule has 148 valence electrons. The fourth-order valence-corrected chi connectivity index (χ4v) is 3.98. The Morgan fingerprint density at radius 1 is 1.21 bits per heavy atom. The smallest absolute Gasteiger partial charge is 0.275 e. The van der Waals surface area contributed by atoms with Gasteiger partial charge in [0, 0.05) is 24.1 Å². The molecule has 1 saturated carbocycles. The van der Waals surface area contributed by atoms with Gasteiger partial charge in [0.15, 0.2) is 5.65 Å². The van der Waals surface area contributed by atoms with E-state index in [1.165, 1.54) is 22.8 Å². The van der Waals surface area contributed by atoms with Crippen LogP contribution in [-0.4, -0.2) is 26.4 Å². The zero-order valence-electron chi connectivity index (χ0n) is 15.2. The van der Waals surface area contributed by atoms with Crippen molar-refractivity contribution < 1.29 is 18.4 Å². The van der Waals surface area contributed by atoms with Crippen molar-refractivity contribution in [3.8, 4) is 0 Å². The highest BCUT2D eigenvalue weighted by Crippen LogP contribution is 2.47. The number of carbonyl (C=O) groups excluding carboxylic acids is 2. The van der Waals surface area contributed by atoms with E-state index in [-0.39, 0.29) is 28.4 Å². The number of rotatable bonds is 4. The number of aromatic nitrogens is 3. The van der Waals surface area contributed by atoms with Gasteiger partial charge in [-0.3, -0.25) is 9.59 Å². The van der Waals surface area contributed by atoms with E-state index in [9.17, 15) is 18.4 Å². The Labute approximate surface area is 163 Å². The minimum Gasteiger partial charge on any atom is -0.365 e. The van der Waals surface area contributed by atoms with Crippen LogP contribution in [0, 0.1) is 0 Å². The Morgan fingerprint density at radius 3 is 2.69 bits per heavy atom. The highest BCUT2D eigenvalue weighted by Gasteiger charge is 2.45. The molecule has 0 saturated heterocycles. The standard InChI is InChI=1S/C20H17F2N5O2/c21-20(22)9-13(11-3-1-2-4-12(11)20)25-19(29)14-7-8-24-18-15(17(23)28)16(10-5-6-10)26-27(14)18/h1-4,7-8,10,13H,5-6,9H2,(H2,23,28)(H,25,29). The number of nitrogens with zero attached hydrogens (tertiary/aromatic N) is 3. The summed E-state index contributed by atoms with van der Waals surface area (Å²) in [5.41, 5.74) is 6.88. The number of amides is 2. The fourth-order valence-electron chi connectivity index (χ4n) is 3.98. The maximum absolute atomic E-state index is 14.3. The van der Waals surface area contributed by atoms with Gasteiger partial charge in [-0.2, -0.15) is 5.10 Å². The van der Waals surface area contributed by atoms with Crippen LogP contribution < -0.4 is 11.1 Å². The molecule has 1 fully saturated rings. The molecule has 0 aliphatic heterocycles. The van der Waals surface area contributed by atoms with Gasteiger partial charge in [0.25, 0.3) is 17.7 Å². The molecule has 0 radical (unpaired) electrons. The van der Waals surface area contributed by atoms with Crippen LogP contribution in [0.1, 0.15) is 68.9 Å². The maximum Gasteiger partial charge on any atom is 0.275 e. The van der Waals surface area contributed by atoms with Gasteiger partial charge in [0.05, 0.1) is 11.7 Å². The number of hydrogen-bond acceptors (Lipinski definition) is 4. The summed E-state index contributed by atoms with van der Waals surface area (Å²) in [6, 6.07) is 6.80. The molecule has 29 heavy (non-hydrogen) atoms. The van der Waals surface area contributed by atoms with E-state index in [0.29, 0.717) is 11.3 Å². The molecule has 1 unspecified atom stereocenters. The van der Waals surface area contributed by atoms with Crippen LogP contribution in [0.25, 0.3) is 5.65 Å². The van der Waals surface area contributed by atoms with Crippen LogP contribution in [0.15, 0.2) is 36.5 Å². The van der Waals surface area contributed by atoms with Crippen LogP contribution in [-0.2, 0) is 5.92 Å². The van der Waals surface area contributed by atoms with E-state index in [1.807, 2.05) is 0 Å². The number of fused-ring (bicyclic) bond motifs is 2. The van der Waals surface area contributed by atoms with E-state index < -0.39 is 30.2 Å². The minimum absolute atomic E-state index is 0.0729. The maximum atomic E-state index is 14.3. The van der Waals surface area contributed by atoms with E-state index in [1.54, 1.807) is 18.2 Å². The molecule has 2 heterocycles. The number of nitrogens with two attached hydrogens (primary N) is 1.